The summed E-state index contributed by atoms with van der Waals surface area (Å²) in [4.78, 5) is 2.32. The molecule has 0 aromatic heterocycles. The van der Waals surface area contributed by atoms with E-state index in [1.54, 1.807) is 0 Å². The molecule has 1 unspecified atom stereocenters. The molecule has 15 heavy (non-hydrogen) atoms. The molecule has 1 aliphatic heterocycles. The van der Waals surface area contributed by atoms with Gasteiger partial charge in [-0.25, -0.2) is 0 Å². The Labute approximate surface area is 92.7 Å². The summed E-state index contributed by atoms with van der Waals surface area (Å²) in [7, 11) is 0. The Balaban J connectivity index is 2.54. The number of nitrogens with zero attached hydrogens (tertiary/aromatic N) is 1. The molecule has 1 rings (SSSR count). The van der Waals surface area contributed by atoms with Crippen molar-refractivity contribution < 1.29 is 9.84 Å². The number of aliphatic hydroxyl groups excluding tert-OH is 1. The third-order valence-electron chi connectivity index (χ3n) is 2.70. The molecule has 0 saturated carbocycles. The van der Waals surface area contributed by atoms with Gasteiger partial charge in [-0.15, -0.1) is 0 Å². The minimum Gasteiger partial charge on any atom is -0.394 e. The molecule has 3 heteroatoms. The fraction of sp³-hybridized carbons (Fsp3) is 0.833. The summed E-state index contributed by atoms with van der Waals surface area (Å²) in [6.45, 7) is 13.0. The SMILES string of the molecule is C=C(CC)CN1CC(CO)OC(C)(C)C1. The number of hydrogen-bond donors (Lipinski definition) is 1. The van der Waals surface area contributed by atoms with E-state index >= 15 is 0 Å². The average Bonchev–Trinajstić information content (AvgIpc) is 2.15. The largest absolute Gasteiger partial charge is 0.394 e. The molecule has 1 N–H and O–H groups in total. The highest BCUT2D eigenvalue weighted by atomic mass is 16.5. The Hall–Kier alpha value is -0.380. The predicted molar refractivity (Wildman–Crippen MR) is 61.9 cm³/mol. The van der Waals surface area contributed by atoms with Crippen molar-refractivity contribution in [3.8, 4) is 0 Å². The second kappa shape index (κ2) is 5.10. The minimum absolute atomic E-state index is 0.0570. The first-order valence-corrected chi connectivity index (χ1v) is 5.64. The van der Waals surface area contributed by atoms with Crippen molar-refractivity contribution in [3.05, 3.63) is 12.2 Å². The van der Waals surface area contributed by atoms with Crippen molar-refractivity contribution in [1.29, 1.82) is 0 Å². The topological polar surface area (TPSA) is 32.7 Å². The lowest BCUT2D eigenvalue weighted by Gasteiger charge is -2.42. The standard InChI is InChI=1S/C12H23NO2/c1-5-10(2)6-13-7-11(8-14)15-12(3,4)9-13/h11,14H,2,5-9H2,1,3-4H3. The average molecular weight is 213 g/mol. The molecular weight excluding hydrogens is 190 g/mol. The summed E-state index contributed by atoms with van der Waals surface area (Å²) in [6.07, 6.45) is 0.958. The Morgan fingerprint density at radius 2 is 2.27 bits per heavy atom. The van der Waals surface area contributed by atoms with Gasteiger partial charge in [-0.2, -0.15) is 0 Å². The summed E-state index contributed by atoms with van der Waals surface area (Å²) < 4.78 is 5.75. The molecule has 0 aliphatic carbocycles. The molecule has 0 spiro atoms. The van der Waals surface area contributed by atoms with Gasteiger partial charge >= 0.3 is 0 Å². The lowest BCUT2D eigenvalue weighted by atomic mass is 10.0. The van der Waals surface area contributed by atoms with Gasteiger partial charge in [0.15, 0.2) is 0 Å². The molecular formula is C12H23NO2. The summed E-state index contributed by atoms with van der Waals surface area (Å²) >= 11 is 0. The molecule has 1 aliphatic rings. The van der Waals surface area contributed by atoms with Crippen molar-refractivity contribution in [3.63, 3.8) is 0 Å². The third kappa shape index (κ3) is 3.93. The molecule has 1 saturated heterocycles. The van der Waals surface area contributed by atoms with E-state index < -0.39 is 0 Å². The van der Waals surface area contributed by atoms with E-state index in [1.807, 2.05) is 0 Å². The van der Waals surface area contributed by atoms with E-state index in [-0.39, 0.29) is 18.3 Å². The van der Waals surface area contributed by atoms with Crippen molar-refractivity contribution in [1.82, 2.24) is 4.90 Å². The van der Waals surface area contributed by atoms with Crippen LogP contribution in [0.3, 0.4) is 0 Å². The van der Waals surface area contributed by atoms with Crippen molar-refractivity contribution >= 4 is 0 Å². The zero-order valence-corrected chi connectivity index (χ0v) is 10.1. The fourth-order valence-corrected chi connectivity index (χ4v) is 2.06. The molecule has 0 aromatic rings. The molecule has 1 fully saturated rings. The van der Waals surface area contributed by atoms with Crippen LogP contribution in [0.15, 0.2) is 12.2 Å². The maximum atomic E-state index is 9.16. The number of ether oxygens (including phenoxy) is 1. The van der Waals surface area contributed by atoms with Gasteiger partial charge in [0, 0.05) is 19.6 Å². The highest BCUT2D eigenvalue weighted by Crippen LogP contribution is 2.21. The molecule has 0 bridgehead atoms. The number of hydrogen-bond acceptors (Lipinski definition) is 3. The summed E-state index contributed by atoms with van der Waals surface area (Å²) in [5, 5.41) is 9.16. The predicted octanol–water partition coefficient (Wildman–Crippen LogP) is 1.42. The highest BCUT2D eigenvalue weighted by Gasteiger charge is 2.32. The maximum Gasteiger partial charge on any atom is 0.0940 e. The smallest absolute Gasteiger partial charge is 0.0940 e. The Morgan fingerprint density at radius 3 is 2.80 bits per heavy atom. The number of aliphatic hydroxyl groups is 1. The maximum absolute atomic E-state index is 9.16. The van der Waals surface area contributed by atoms with Crippen LogP contribution in [0, 0.1) is 0 Å². The first-order chi connectivity index (χ1) is 6.96. The van der Waals surface area contributed by atoms with Crippen LogP contribution >= 0.6 is 0 Å². The zero-order chi connectivity index (χ0) is 11.5. The van der Waals surface area contributed by atoms with E-state index in [4.69, 9.17) is 9.84 Å². The first-order valence-electron chi connectivity index (χ1n) is 5.64. The Bertz CT molecular complexity index is 226. The second-order valence-corrected chi connectivity index (χ2v) is 4.96. The van der Waals surface area contributed by atoms with Gasteiger partial charge in [-0.05, 0) is 20.3 Å². The molecule has 0 aromatic carbocycles. The van der Waals surface area contributed by atoms with Gasteiger partial charge in [0.05, 0.1) is 18.3 Å². The Morgan fingerprint density at radius 1 is 1.60 bits per heavy atom. The van der Waals surface area contributed by atoms with Crippen LogP contribution in [-0.2, 0) is 4.74 Å². The van der Waals surface area contributed by atoms with Crippen LogP contribution < -0.4 is 0 Å². The van der Waals surface area contributed by atoms with Crippen LogP contribution in [-0.4, -0.2) is 48.0 Å². The van der Waals surface area contributed by atoms with E-state index in [9.17, 15) is 0 Å². The van der Waals surface area contributed by atoms with Gasteiger partial charge in [-0.3, -0.25) is 4.90 Å². The van der Waals surface area contributed by atoms with Gasteiger partial charge in [-0.1, -0.05) is 19.1 Å². The van der Waals surface area contributed by atoms with E-state index in [0.717, 1.165) is 26.1 Å². The van der Waals surface area contributed by atoms with Gasteiger partial charge in [0.25, 0.3) is 0 Å². The van der Waals surface area contributed by atoms with Crippen molar-refractivity contribution in [2.24, 2.45) is 0 Å². The van der Waals surface area contributed by atoms with Gasteiger partial charge in [0.2, 0.25) is 0 Å². The van der Waals surface area contributed by atoms with Crippen LogP contribution in [0.1, 0.15) is 27.2 Å². The Kier molecular flexibility index (Phi) is 4.32. The zero-order valence-electron chi connectivity index (χ0n) is 10.1. The minimum atomic E-state index is -0.167. The highest BCUT2D eigenvalue weighted by molar-refractivity contribution is 4.98. The van der Waals surface area contributed by atoms with E-state index in [2.05, 4.69) is 32.3 Å². The fourth-order valence-electron chi connectivity index (χ4n) is 2.06. The van der Waals surface area contributed by atoms with Gasteiger partial charge in [0.1, 0.15) is 0 Å². The van der Waals surface area contributed by atoms with Crippen LogP contribution in [0.25, 0.3) is 0 Å². The molecule has 88 valence electrons. The lowest BCUT2D eigenvalue weighted by molar-refractivity contribution is -0.147. The first kappa shape index (κ1) is 12.7. The normalized spacial score (nSPS) is 26.5. The quantitative estimate of drug-likeness (QED) is 0.717. The van der Waals surface area contributed by atoms with Crippen LogP contribution in [0.5, 0.6) is 0 Å². The molecule has 0 amide bonds. The molecule has 3 nitrogen and oxygen atoms in total. The molecule has 1 atom stereocenters. The summed E-state index contributed by atoms with van der Waals surface area (Å²) in [6, 6.07) is 0. The number of rotatable bonds is 4. The monoisotopic (exact) mass is 213 g/mol. The molecule has 1 heterocycles. The van der Waals surface area contributed by atoms with Crippen molar-refractivity contribution in [2.75, 3.05) is 26.2 Å². The molecule has 0 radical (unpaired) electrons. The summed E-state index contributed by atoms with van der Waals surface area (Å²) in [5.74, 6) is 0. The second-order valence-electron chi connectivity index (χ2n) is 4.96. The van der Waals surface area contributed by atoms with Crippen LogP contribution in [0.2, 0.25) is 0 Å². The van der Waals surface area contributed by atoms with Crippen LogP contribution in [0.4, 0.5) is 0 Å². The van der Waals surface area contributed by atoms with E-state index in [1.165, 1.54) is 5.57 Å². The lowest BCUT2D eigenvalue weighted by Crippen LogP contribution is -2.54. The number of morpholine rings is 1. The third-order valence-corrected chi connectivity index (χ3v) is 2.70. The van der Waals surface area contributed by atoms with Crippen molar-refractivity contribution in [2.45, 2.75) is 38.9 Å². The summed E-state index contributed by atoms with van der Waals surface area (Å²) in [5.41, 5.74) is 1.07. The van der Waals surface area contributed by atoms with Gasteiger partial charge < -0.3 is 9.84 Å². The van der Waals surface area contributed by atoms with E-state index in [0.29, 0.717) is 0 Å².